The molecule has 0 bridgehead atoms. The van der Waals surface area contributed by atoms with E-state index < -0.39 is 11.8 Å². The Hall–Kier alpha value is -2.23. The minimum atomic E-state index is -0.566. The van der Waals surface area contributed by atoms with Crippen LogP contribution in [0.1, 0.15) is 21.5 Å². The molecule has 1 aromatic heterocycles. The molecule has 0 spiro atoms. The second-order valence-corrected chi connectivity index (χ2v) is 3.86. The van der Waals surface area contributed by atoms with Gasteiger partial charge >= 0.3 is 5.97 Å². The number of aromatic nitrogens is 1. The quantitative estimate of drug-likeness (QED) is 0.780. The van der Waals surface area contributed by atoms with Crippen LogP contribution in [-0.4, -0.2) is 11.0 Å². The monoisotopic (exact) mass is 245 g/mol. The van der Waals surface area contributed by atoms with Crippen LogP contribution in [-0.2, 0) is 11.3 Å². The molecule has 0 amide bonds. The van der Waals surface area contributed by atoms with Crippen molar-refractivity contribution in [3.05, 3.63) is 65.2 Å². The number of halogens is 1. The third kappa shape index (κ3) is 2.71. The van der Waals surface area contributed by atoms with E-state index in [1.165, 1.54) is 13.1 Å². The van der Waals surface area contributed by atoms with Crippen molar-refractivity contribution >= 4 is 5.97 Å². The largest absolute Gasteiger partial charge is 0.457 e. The van der Waals surface area contributed by atoms with E-state index in [9.17, 15) is 9.18 Å². The van der Waals surface area contributed by atoms with Crippen LogP contribution in [0.3, 0.4) is 0 Å². The number of hydrogen-bond acceptors (Lipinski definition) is 3. The van der Waals surface area contributed by atoms with E-state index in [4.69, 9.17) is 4.74 Å². The van der Waals surface area contributed by atoms with E-state index in [-0.39, 0.29) is 17.7 Å². The highest BCUT2D eigenvalue weighted by Gasteiger charge is 2.13. The molecule has 2 rings (SSSR count). The van der Waals surface area contributed by atoms with E-state index in [1.54, 1.807) is 0 Å². The molecular formula is C14H12FNO2. The Morgan fingerprint density at radius 1 is 1.28 bits per heavy atom. The van der Waals surface area contributed by atoms with Gasteiger partial charge in [0, 0.05) is 11.8 Å². The van der Waals surface area contributed by atoms with Gasteiger partial charge in [-0.3, -0.25) is 4.98 Å². The van der Waals surface area contributed by atoms with E-state index in [1.807, 2.05) is 30.3 Å². The summed E-state index contributed by atoms with van der Waals surface area (Å²) in [5.41, 5.74) is 1.29. The molecular weight excluding hydrogens is 233 g/mol. The van der Waals surface area contributed by atoms with Crippen molar-refractivity contribution in [3.63, 3.8) is 0 Å². The van der Waals surface area contributed by atoms with E-state index >= 15 is 0 Å². The predicted molar refractivity (Wildman–Crippen MR) is 64.5 cm³/mol. The first-order valence-corrected chi connectivity index (χ1v) is 5.49. The van der Waals surface area contributed by atoms with Crippen molar-refractivity contribution in [2.75, 3.05) is 0 Å². The van der Waals surface area contributed by atoms with Crippen LogP contribution in [0.5, 0.6) is 0 Å². The molecule has 0 fully saturated rings. The van der Waals surface area contributed by atoms with E-state index in [0.717, 1.165) is 11.8 Å². The SMILES string of the molecule is Cc1c(F)cncc1C(=O)OCc1ccccc1. The summed E-state index contributed by atoms with van der Waals surface area (Å²) in [4.78, 5) is 15.4. The first-order chi connectivity index (χ1) is 8.68. The van der Waals surface area contributed by atoms with Gasteiger partial charge in [-0.05, 0) is 12.5 Å². The summed E-state index contributed by atoms with van der Waals surface area (Å²) >= 11 is 0. The number of carbonyl (C=O) groups is 1. The van der Waals surface area contributed by atoms with Crippen LogP contribution in [0.25, 0.3) is 0 Å². The fourth-order valence-corrected chi connectivity index (χ4v) is 1.51. The maximum absolute atomic E-state index is 13.2. The van der Waals surface area contributed by atoms with Crippen molar-refractivity contribution < 1.29 is 13.9 Å². The van der Waals surface area contributed by atoms with Gasteiger partial charge in [-0.15, -0.1) is 0 Å². The molecule has 1 heterocycles. The summed E-state index contributed by atoms with van der Waals surface area (Å²) in [6.07, 6.45) is 2.38. The Morgan fingerprint density at radius 3 is 2.72 bits per heavy atom. The van der Waals surface area contributed by atoms with Gasteiger partial charge in [-0.25, -0.2) is 9.18 Å². The lowest BCUT2D eigenvalue weighted by atomic mass is 10.1. The van der Waals surface area contributed by atoms with Gasteiger partial charge in [0.2, 0.25) is 0 Å². The number of carbonyl (C=O) groups excluding carboxylic acids is 1. The highest BCUT2D eigenvalue weighted by atomic mass is 19.1. The van der Waals surface area contributed by atoms with Crippen molar-refractivity contribution in [2.24, 2.45) is 0 Å². The number of rotatable bonds is 3. The molecule has 1 aromatic carbocycles. The van der Waals surface area contributed by atoms with E-state index in [2.05, 4.69) is 4.98 Å². The minimum Gasteiger partial charge on any atom is -0.457 e. The van der Waals surface area contributed by atoms with Crippen LogP contribution < -0.4 is 0 Å². The van der Waals surface area contributed by atoms with Crippen LogP contribution in [0.4, 0.5) is 4.39 Å². The number of ether oxygens (including phenoxy) is 1. The summed E-state index contributed by atoms with van der Waals surface area (Å²) in [5, 5.41) is 0. The van der Waals surface area contributed by atoms with Crippen molar-refractivity contribution in [1.82, 2.24) is 4.98 Å². The van der Waals surface area contributed by atoms with Gasteiger partial charge in [-0.2, -0.15) is 0 Å². The van der Waals surface area contributed by atoms with Gasteiger partial charge in [0.05, 0.1) is 11.8 Å². The number of nitrogens with zero attached hydrogens (tertiary/aromatic N) is 1. The Balaban J connectivity index is 2.07. The molecule has 0 aliphatic carbocycles. The molecule has 18 heavy (non-hydrogen) atoms. The number of pyridine rings is 1. The molecule has 0 N–H and O–H groups in total. The third-order valence-corrected chi connectivity index (χ3v) is 2.59. The van der Waals surface area contributed by atoms with Crippen LogP contribution >= 0.6 is 0 Å². The number of benzene rings is 1. The molecule has 0 atom stereocenters. The Bertz CT molecular complexity index is 555. The Kier molecular flexibility index (Phi) is 3.67. The zero-order valence-corrected chi connectivity index (χ0v) is 9.89. The average Bonchev–Trinajstić information content (AvgIpc) is 2.40. The maximum Gasteiger partial charge on any atom is 0.340 e. The van der Waals surface area contributed by atoms with Crippen LogP contribution in [0.15, 0.2) is 42.7 Å². The van der Waals surface area contributed by atoms with Gasteiger partial charge in [0.1, 0.15) is 12.4 Å². The Morgan fingerprint density at radius 2 is 2.00 bits per heavy atom. The average molecular weight is 245 g/mol. The first kappa shape index (κ1) is 12.2. The number of hydrogen-bond donors (Lipinski definition) is 0. The molecule has 2 aromatic rings. The first-order valence-electron chi connectivity index (χ1n) is 5.49. The second kappa shape index (κ2) is 5.40. The van der Waals surface area contributed by atoms with Crippen molar-refractivity contribution in [3.8, 4) is 0 Å². The summed E-state index contributed by atoms with van der Waals surface area (Å²) < 4.78 is 18.3. The summed E-state index contributed by atoms with van der Waals surface area (Å²) in [6.45, 7) is 1.69. The molecule has 0 saturated heterocycles. The zero-order chi connectivity index (χ0) is 13.0. The fraction of sp³-hybridized carbons (Fsp3) is 0.143. The Labute approximate surface area is 104 Å². The predicted octanol–water partition coefficient (Wildman–Crippen LogP) is 2.89. The van der Waals surface area contributed by atoms with Gasteiger partial charge in [-0.1, -0.05) is 30.3 Å². The lowest BCUT2D eigenvalue weighted by Crippen LogP contribution is -2.08. The molecule has 4 heteroatoms. The standard InChI is InChI=1S/C14H12FNO2/c1-10-12(7-16-8-13(10)15)14(17)18-9-11-5-3-2-4-6-11/h2-8H,9H2,1H3. The zero-order valence-electron chi connectivity index (χ0n) is 9.89. The summed E-state index contributed by atoms with van der Waals surface area (Å²) in [5.74, 6) is -1.08. The molecule has 3 nitrogen and oxygen atoms in total. The molecule has 0 radical (unpaired) electrons. The topological polar surface area (TPSA) is 39.2 Å². The highest BCUT2D eigenvalue weighted by molar-refractivity contribution is 5.90. The maximum atomic E-state index is 13.2. The summed E-state index contributed by atoms with van der Waals surface area (Å²) in [7, 11) is 0. The van der Waals surface area contributed by atoms with Crippen LogP contribution in [0.2, 0.25) is 0 Å². The summed E-state index contributed by atoms with van der Waals surface area (Å²) in [6, 6.07) is 9.30. The molecule has 92 valence electrons. The normalized spacial score (nSPS) is 10.1. The van der Waals surface area contributed by atoms with Crippen molar-refractivity contribution in [1.29, 1.82) is 0 Å². The van der Waals surface area contributed by atoms with Gasteiger partial charge in [0.15, 0.2) is 0 Å². The molecule has 0 aliphatic rings. The van der Waals surface area contributed by atoms with Crippen molar-refractivity contribution in [2.45, 2.75) is 13.5 Å². The van der Waals surface area contributed by atoms with Gasteiger partial charge < -0.3 is 4.74 Å². The second-order valence-electron chi connectivity index (χ2n) is 3.86. The minimum absolute atomic E-state index is 0.158. The molecule has 0 aliphatic heterocycles. The number of esters is 1. The highest BCUT2D eigenvalue weighted by Crippen LogP contribution is 2.12. The third-order valence-electron chi connectivity index (χ3n) is 2.59. The lowest BCUT2D eigenvalue weighted by molar-refractivity contribution is 0.0470. The molecule has 0 saturated carbocycles. The smallest absolute Gasteiger partial charge is 0.340 e. The molecule has 0 unspecified atom stereocenters. The van der Waals surface area contributed by atoms with E-state index in [0.29, 0.717) is 0 Å². The van der Waals surface area contributed by atoms with Gasteiger partial charge in [0.25, 0.3) is 0 Å². The fourth-order valence-electron chi connectivity index (χ4n) is 1.51. The lowest BCUT2D eigenvalue weighted by Gasteiger charge is -2.07. The van der Waals surface area contributed by atoms with Crippen LogP contribution in [0, 0.1) is 12.7 Å².